The first-order valence-corrected chi connectivity index (χ1v) is 10.9. The fourth-order valence-corrected chi connectivity index (χ4v) is 5.06. The second kappa shape index (κ2) is 8.73. The number of amides is 2. The van der Waals surface area contributed by atoms with Crippen molar-refractivity contribution < 1.29 is 38.5 Å². The summed E-state index contributed by atoms with van der Waals surface area (Å²) in [5.41, 5.74) is -2.30. The maximum absolute atomic E-state index is 13.3. The number of nitrogens with zero attached hydrogens (tertiary/aromatic N) is 1. The Hall–Kier alpha value is -2.62. The van der Waals surface area contributed by atoms with E-state index < -0.39 is 65.0 Å². The lowest BCUT2D eigenvalue weighted by Gasteiger charge is -2.34. The predicted octanol–water partition coefficient (Wildman–Crippen LogP) is 1.12. The highest BCUT2D eigenvalue weighted by Crippen LogP contribution is 2.63. The van der Waals surface area contributed by atoms with Gasteiger partial charge in [0.2, 0.25) is 5.91 Å². The predicted molar refractivity (Wildman–Crippen MR) is 111 cm³/mol. The standard InChI is InChI=1S/C22H32N2O8/c1-6-30-18(27)15-14-13(25)11-22(16(14)15,19(28)31-7-2)23-17(26)12-9-8-10-24(12)20(29)32-21(3,4)5/h6,12-16,25H,1,7-11H2,2-5H3,(H,23,26)/t12-,13-,14-,15-,16-,22+/m0/s1. The molecule has 32 heavy (non-hydrogen) atoms. The summed E-state index contributed by atoms with van der Waals surface area (Å²) in [6.45, 7) is 10.6. The lowest BCUT2D eigenvalue weighted by Crippen LogP contribution is -2.61. The van der Waals surface area contributed by atoms with E-state index in [9.17, 15) is 24.3 Å². The van der Waals surface area contributed by atoms with E-state index in [-0.39, 0.29) is 13.0 Å². The van der Waals surface area contributed by atoms with Gasteiger partial charge in [0.1, 0.15) is 17.2 Å². The smallest absolute Gasteiger partial charge is 0.410 e. The van der Waals surface area contributed by atoms with Crippen LogP contribution in [0.25, 0.3) is 0 Å². The molecule has 3 rings (SSSR count). The van der Waals surface area contributed by atoms with E-state index in [0.29, 0.717) is 19.4 Å². The highest BCUT2D eigenvalue weighted by molar-refractivity contribution is 5.95. The minimum absolute atomic E-state index is 0.0686. The Labute approximate surface area is 187 Å². The van der Waals surface area contributed by atoms with Crippen molar-refractivity contribution in [3.63, 3.8) is 0 Å². The zero-order chi connectivity index (χ0) is 23.8. The van der Waals surface area contributed by atoms with E-state index in [1.807, 2.05) is 0 Å². The molecule has 1 aliphatic heterocycles. The minimum atomic E-state index is -1.58. The van der Waals surface area contributed by atoms with Gasteiger partial charge < -0.3 is 24.6 Å². The number of hydrogen-bond donors (Lipinski definition) is 2. The zero-order valence-corrected chi connectivity index (χ0v) is 19.0. The Balaban J connectivity index is 1.83. The van der Waals surface area contributed by atoms with Gasteiger partial charge in [0, 0.05) is 24.8 Å². The Kier molecular flexibility index (Phi) is 6.55. The van der Waals surface area contributed by atoms with E-state index in [1.54, 1.807) is 27.7 Å². The molecule has 1 heterocycles. The highest BCUT2D eigenvalue weighted by Gasteiger charge is 2.76. The quantitative estimate of drug-likeness (QED) is 0.348. The summed E-state index contributed by atoms with van der Waals surface area (Å²) in [7, 11) is 0. The van der Waals surface area contributed by atoms with Gasteiger partial charge in [-0.2, -0.15) is 0 Å². The maximum Gasteiger partial charge on any atom is 0.410 e. The topological polar surface area (TPSA) is 131 Å². The molecule has 0 unspecified atom stereocenters. The molecule has 3 aliphatic rings. The zero-order valence-electron chi connectivity index (χ0n) is 19.0. The average Bonchev–Trinajstić information content (AvgIpc) is 3.11. The summed E-state index contributed by atoms with van der Waals surface area (Å²) in [6, 6.07) is -0.829. The van der Waals surface area contributed by atoms with Crippen LogP contribution in [0.3, 0.4) is 0 Å². The number of fused-ring (bicyclic) bond motifs is 1. The van der Waals surface area contributed by atoms with Gasteiger partial charge in [0.25, 0.3) is 0 Å². The van der Waals surface area contributed by atoms with Gasteiger partial charge in [-0.15, -0.1) is 0 Å². The molecule has 0 aromatic heterocycles. The molecule has 0 aromatic carbocycles. The van der Waals surface area contributed by atoms with E-state index in [0.717, 1.165) is 6.26 Å². The van der Waals surface area contributed by atoms with Crippen LogP contribution in [0.4, 0.5) is 4.79 Å². The van der Waals surface area contributed by atoms with Crippen LogP contribution in [0.1, 0.15) is 47.0 Å². The minimum Gasteiger partial charge on any atom is -0.464 e. The van der Waals surface area contributed by atoms with Crippen LogP contribution in [-0.4, -0.2) is 70.4 Å². The summed E-state index contributed by atoms with van der Waals surface area (Å²) in [5, 5.41) is 13.3. The lowest BCUT2D eigenvalue weighted by atomic mass is 9.88. The van der Waals surface area contributed by atoms with Gasteiger partial charge in [0.15, 0.2) is 0 Å². The summed E-state index contributed by atoms with van der Waals surface area (Å²) < 4.78 is 15.5. The number of ether oxygens (including phenoxy) is 3. The van der Waals surface area contributed by atoms with Crippen LogP contribution in [0, 0.1) is 17.8 Å². The molecule has 0 spiro atoms. The third-order valence-corrected chi connectivity index (χ3v) is 6.26. The molecular formula is C22H32N2O8. The molecule has 1 saturated heterocycles. The van der Waals surface area contributed by atoms with Crippen molar-refractivity contribution in [2.45, 2.75) is 70.2 Å². The third kappa shape index (κ3) is 4.32. The van der Waals surface area contributed by atoms with Crippen molar-refractivity contribution in [3.8, 4) is 0 Å². The van der Waals surface area contributed by atoms with E-state index in [4.69, 9.17) is 14.2 Å². The van der Waals surface area contributed by atoms with Crippen LogP contribution in [0.15, 0.2) is 12.8 Å². The van der Waals surface area contributed by atoms with Crippen molar-refractivity contribution in [2.24, 2.45) is 17.8 Å². The van der Waals surface area contributed by atoms with Crippen LogP contribution in [-0.2, 0) is 28.6 Å². The van der Waals surface area contributed by atoms with Gasteiger partial charge in [0.05, 0.1) is 24.9 Å². The molecule has 2 saturated carbocycles. The van der Waals surface area contributed by atoms with Gasteiger partial charge in [-0.1, -0.05) is 6.58 Å². The average molecular weight is 453 g/mol. The molecule has 6 atom stereocenters. The number of aliphatic hydroxyl groups is 1. The van der Waals surface area contributed by atoms with Gasteiger partial charge in [-0.3, -0.25) is 14.5 Å². The van der Waals surface area contributed by atoms with Crippen LogP contribution in [0.2, 0.25) is 0 Å². The normalized spacial score (nSPS) is 33.2. The number of rotatable bonds is 6. The van der Waals surface area contributed by atoms with Gasteiger partial charge in [-0.05, 0) is 40.5 Å². The number of carbonyl (C=O) groups excluding carboxylic acids is 4. The van der Waals surface area contributed by atoms with E-state index >= 15 is 0 Å². The Morgan fingerprint density at radius 3 is 2.56 bits per heavy atom. The lowest BCUT2D eigenvalue weighted by molar-refractivity contribution is -0.156. The van der Waals surface area contributed by atoms with E-state index in [2.05, 4.69) is 11.9 Å². The molecule has 2 aliphatic carbocycles. The molecule has 3 fully saturated rings. The summed E-state index contributed by atoms with van der Waals surface area (Å²) >= 11 is 0. The molecule has 2 amide bonds. The van der Waals surface area contributed by atoms with Crippen molar-refractivity contribution in [1.29, 1.82) is 0 Å². The van der Waals surface area contributed by atoms with Gasteiger partial charge >= 0.3 is 18.0 Å². The van der Waals surface area contributed by atoms with Gasteiger partial charge in [-0.25, -0.2) is 9.59 Å². The second-order valence-electron chi connectivity index (χ2n) is 9.52. The molecule has 10 heteroatoms. The second-order valence-corrected chi connectivity index (χ2v) is 9.52. The van der Waals surface area contributed by atoms with Crippen molar-refractivity contribution >= 4 is 23.9 Å². The Morgan fingerprint density at radius 1 is 1.28 bits per heavy atom. The third-order valence-electron chi connectivity index (χ3n) is 6.26. The van der Waals surface area contributed by atoms with Crippen molar-refractivity contribution in [2.75, 3.05) is 13.2 Å². The molecule has 10 nitrogen and oxygen atoms in total. The fraction of sp³-hybridized carbons (Fsp3) is 0.727. The van der Waals surface area contributed by atoms with Crippen LogP contribution < -0.4 is 5.32 Å². The molecule has 178 valence electrons. The first kappa shape index (κ1) is 24.0. The number of nitrogens with one attached hydrogen (secondary N) is 1. The first-order chi connectivity index (χ1) is 15.0. The number of carbonyl (C=O) groups is 4. The largest absolute Gasteiger partial charge is 0.464 e. The van der Waals surface area contributed by atoms with Crippen LogP contribution >= 0.6 is 0 Å². The summed E-state index contributed by atoms with van der Waals surface area (Å²) in [4.78, 5) is 52.5. The molecule has 0 bridgehead atoms. The molecule has 0 aromatic rings. The molecule has 2 N–H and O–H groups in total. The van der Waals surface area contributed by atoms with Crippen LogP contribution in [0.5, 0.6) is 0 Å². The monoisotopic (exact) mass is 452 g/mol. The Morgan fingerprint density at radius 2 is 1.97 bits per heavy atom. The van der Waals surface area contributed by atoms with Crippen molar-refractivity contribution in [3.05, 3.63) is 12.8 Å². The fourth-order valence-electron chi connectivity index (χ4n) is 5.06. The highest BCUT2D eigenvalue weighted by atomic mass is 16.6. The van der Waals surface area contributed by atoms with Crippen molar-refractivity contribution in [1.82, 2.24) is 10.2 Å². The number of likely N-dealkylation sites (tertiary alicyclic amines) is 1. The summed E-state index contributed by atoms with van der Waals surface area (Å²) in [6.07, 6.45) is 0.324. The van der Waals surface area contributed by atoms with E-state index in [1.165, 1.54) is 4.90 Å². The number of hydrogen-bond acceptors (Lipinski definition) is 8. The SMILES string of the molecule is C=COC(=O)[C@H]1[C@H]2[C@@H]1[C@@](NC(=O)[C@@H]1CCCN1C(=O)OC(C)(C)C)(C(=O)OCC)C[C@@H]2O. The Bertz CT molecular complexity index is 806. The number of aliphatic hydroxyl groups excluding tert-OH is 1. The molecule has 0 radical (unpaired) electrons. The molecular weight excluding hydrogens is 420 g/mol. The number of esters is 2. The maximum atomic E-state index is 13.3. The summed E-state index contributed by atoms with van der Waals surface area (Å²) in [5.74, 6) is -3.82. The first-order valence-electron chi connectivity index (χ1n) is 10.9.